The topological polar surface area (TPSA) is 134 Å². The van der Waals surface area contributed by atoms with Gasteiger partial charge in [0.15, 0.2) is 5.69 Å². The van der Waals surface area contributed by atoms with Crippen molar-refractivity contribution in [2.24, 2.45) is 10.2 Å². The van der Waals surface area contributed by atoms with Gasteiger partial charge in [0.25, 0.3) is 11.2 Å². The molecule has 2 aromatic rings. The number of rotatable bonds is 5. The van der Waals surface area contributed by atoms with E-state index in [0.29, 0.717) is 17.7 Å². The van der Waals surface area contributed by atoms with Crippen LogP contribution in [0.5, 0.6) is 5.88 Å². The quantitative estimate of drug-likeness (QED) is 0.475. The number of non-ortho nitro benzene ring substituents is 1. The Hall–Kier alpha value is -3.54. The average Bonchev–Trinajstić information content (AvgIpc) is 2.62. The van der Waals surface area contributed by atoms with Crippen LogP contribution < -0.4 is 5.56 Å². The Morgan fingerprint density at radius 1 is 1.37 bits per heavy atom. The first-order valence-electron chi connectivity index (χ1n) is 8.27. The number of nitrogens with zero attached hydrogens (tertiary/aromatic N) is 5. The number of aromatic nitrogens is 1. The Morgan fingerprint density at radius 2 is 2.04 bits per heavy atom. The predicted octanol–water partition coefficient (Wildman–Crippen LogP) is 4.34. The molecule has 1 aromatic carbocycles. The first kappa shape index (κ1) is 19.8. The monoisotopic (exact) mass is 369 g/mol. The Balaban J connectivity index is 2.63. The van der Waals surface area contributed by atoms with Crippen molar-refractivity contribution in [2.45, 2.75) is 40.2 Å². The van der Waals surface area contributed by atoms with Gasteiger partial charge in [0.05, 0.1) is 10.6 Å². The van der Waals surface area contributed by atoms with E-state index in [4.69, 9.17) is 0 Å². The maximum atomic E-state index is 12.8. The van der Waals surface area contributed by atoms with Crippen LogP contribution in [0.2, 0.25) is 0 Å². The van der Waals surface area contributed by atoms with Gasteiger partial charge in [-0.05, 0) is 38.8 Å². The smallest absolute Gasteiger partial charge is 0.281 e. The normalized spacial score (nSPS) is 12.1. The van der Waals surface area contributed by atoms with Crippen LogP contribution in [-0.4, -0.2) is 14.6 Å². The summed E-state index contributed by atoms with van der Waals surface area (Å²) in [4.78, 5) is 23.1. The summed E-state index contributed by atoms with van der Waals surface area (Å²) in [5.41, 5.74) is 0.391. The van der Waals surface area contributed by atoms with Gasteiger partial charge in [0.2, 0.25) is 5.88 Å². The number of pyridine rings is 1. The number of azo groups is 1. The zero-order valence-electron chi connectivity index (χ0n) is 15.4. The maximum Gasteiger partial charge on any atom is 0.281 e. The molecule has 1 aromatic heterocycles. The van der Waals surface area contributed by atoms with Crippen molar-refractivity contribution >= 4 is 17.1 Å². The minimum Gasteiger partial charge on any atom is -0.493 e. The summed E-state index contributed by atoms with van der Waals surface area (Å²) in [6.07, 6.45) is 0.569. The molecule has 9 heteroatoms. The standard InChI is InChI=1S/C18H19N5O4/c1-5-11(3)22-17(24)14(9-19)12(4)16(18(22)25)21-20-15-7-6-13(23(26)27)8-10(15)2/h6-8,11,24H,5H2,1-4H3. The van der Waals surface area contributed by atoms with Crippen molar-refractivity contribution in [1.29, 1.82) is 5.26 Å². The highest BCUT2D eigenvalue weighted by Gasteiger charge is 2.21. The Kier molecular flexibility index (Phi) is 5.70. The second-order valence-electron chi connectivity index (χ2n) is 6.14. The van der Waals surface area contributed by atoms with E-state index in [1.54, 1.807) is 13.8 Å². The number of hydrogen-bond donors (Lipinski definition) is 1. The van der Waals surface area contributed by atoms with E-state index >= 15 is 0 Å². The van der Waals surface area contributed by atoms with Gasteiger partial charge in [0, 0.05) is 23.7 Å². The molecule has 27 heavy (non-hydrogen) atoms. The number of nitro groups is 1. The van der Waals surface area contributed by atoms with Gasteiger partial charge in [-0.15, -0.1) is 5.11 Å². The Morgan fingerprint density at radius 3 is 2.56 bits per heavy atom. The third-order valence-electron chi connectivity index (χ3n) is 4.40. The number of aryl methyl sites for hydroxylation is 1. The molecule has 0 aliphatic rings. The van der Waals surface area contributed by atoms with Crippen molar-refractivity contribution in [3.63, 3.8) is 0 Å². The molecule has 0 spiro atoms. The predicted molar refractivity (Wildman–Crippen MR) is 98.8 cm³/mol. The second-order valence-corrected chi connectivity index (χ2v) is 6.14. The van der Waals surface area contributed by atoms with Crippen molar-refractivity contribution in [1.82, 2.24) is 4.57 Å². The summed E-state index contributed by atoms with van der Waals surface area (Å²) in [7, 11) is 0. The molecular weight excluding hydrogens is 350 g/mol. The molecule has 1 unspecified atom stereocenters. The number of aromatic hydroxyl groups is 1. The average molecular weight is 369 g/mol. The van der Waals surface area contributed by atoms with E-state index in [1.165, 1.54) is 25.1 Å². The van der Waals surface area contributed by atoms with Crippen molar-refractivity contribution in [2.75, 3.05) is 0 Å². The zero-order valence-corrected chi connectivity index (χ0v) is 15.4. The lowest BCUT2D eigenvalue weighted by Gasteiger charge is -2.17. The fourth-order valence-electron chi connectivity index (χ4n) is 2.59. The third kappa shape index (κ3) is 3.69. The molecule has 0 bridgehead atoms. The van der Waals surface area contributed by atoms with E-state index in [0.717, 1.165) is 4.57 Å². The van der Waals surface area contributed by atoms with Gasteiger partial charge in [-0.25, -0.2) is 0 Å². The van der Waals surface area contributed by atoms with Gasteiger partial charge in [0.1, 0.15) is 11.6 Å². The zero-order chi connectivity index (χ0) is 20.3. The van der Waals surface area contributed by atoms with Crippen LogP contribution in [0.25, 0.3) is 0 Å². The number of benzene rings is 1. The number of hydrogen-bond acceptors (Lipinski definition) is 7. The molecule has 1 atom stereocenters. The lowest BCUT2D eigenvalue weighted by Crippen LogP contribution is -2.24. The molecule has 0 amide bonds. The minimum atomic E-state index is -0.554. The minimum absolute atomic E-state index is 0.0377. The molecule has 2 rings (SSSR count). The lowest BCUT2D eigenvalue weighted by molar-refractivity contribution is -0.384. The van der Waals surface area contributed by atoms with E-state index in [-0.39, 0.29) is 34.4 Å². The van der Waals surface area contributed by atoms with Crippen LogP contribution in [0, 0.1) is 35.3 Å². The van der Waals surface area contributed by atoms with Crippen molar-refractivity contribution in [3.05, 3.63) is 55.4 Å². The van der Waals surface area contributed by atoms with Crippen molar-refractivity contribution < 1.29 is 10.0 Å². The Bertz CT molecular complexity index is 1030. The largest absolute Gasteiger partial charge is 0.493 e. The molecule has 0 radical (unpaired) electrons. The second kappa shape index (κ2) is 7.78. The van der Waals surface area contributed by atoms with E-state index in [2.05, 4.69) is 10.2 Å². The van der Waals surface area contributed by atoms with E-state index in [1.807, 2.05) is 13.0 Å². The number of nitro benzene ring substituents is 1. The van der Waals surface area contributed by atoms with Gasteiger partial charge in [-0.3, -0.25) is 19.5 Å². The highest BCUT2D eigenvalue weighted by atomic mass is 16.6. The Labute approximate surface area is 155 Å². The molecule has 0 aliphatic heterocycles. The summed E-state index contributed by atoms with van der Waals surface area (Å²) in [5, 5.41) is 38.5. The van der Waals surface area contributed by atoms with Crippen LogP contribution in [0.15, 0.2) is 33.2 Å². The van der Waals surface area contributed by atoms with E-state index < -0.39 is 10.5 Å². The van der Waals surface area contributed by atoms with Gasteiger partial charge in [-0.2, -0.15) is 10.4 Å². The molecule has 9 nitrogen and oxygen atoms in total. The molecule has 0 saturated heterocycles. The fraction of sp³-hybridized carbons (Fsp3) is 0.333. The first-order valence-corrected chi connectivity index (χ1v) is 8.27. The molecule has 1 N–H and O–H groups in total. The molecule has 0 saturated carbocycles. The number of nitriles is 1. The molecular formula is C18H19N5O4. The van der Waals surface area contributed by atoms with Crippen molar-refractivity contribution in [3.8, 4) is 11.9 Å². The fourth-order valence-corrected chi connectivity index (χ4v) is 2.59. The molecule has 0 aliphatic carbocycles. The lowest BCUT2D eigenvalue weighted by atomic mass is 10.1. The molecule has 1 heterocycles. The molecule has 140 valence electrons. The van der Waals surface area contributed by atoms with Crippen LogP contribution in [0.4, 0.5) is 17.1 Å². The molecule has 0 fully saturated rings. The van der Waals surface area contributed by atoms with Gasteiger partial charge >= 0.3 is 0 Å². The van der Waals surface area contributed by atoms with Crippen LogP contribution in [-0.2, 0) is 0 Å². The van der Waals surface area contributed by atoms with E-state index in [9.17, 15) is 25.3 Å². The highest BCUT2D eigenvalue weighted by Crippen LogP contribution is 2.30. The summed E-state index contributed by atoms with van der Waals surface area (Å²) >= 11 is 0. The van der Waals surface area contributed by atoms with Crippen LogP contribution in [0.1, 0.15) is 43.0 Å². The first-order chi connectivity index (χ1) is 12.7. The van der Waals surface area contributed by atoms with Gasteiger partial charge in [-0.1, -0.05) is 6.92 Å². The summed E-state index contributed by atoms with van der Waals surface area (Å²) in [6.45, 7) is 6.75. The van der Waals surface area contributed by atoms with Crippen LogP contribution in [0.3, 0.4) is 0 Å². The summed E-state index contributed by atoms with van der Waals surface area (Å²) in [6, 6.07) is 5.65. The summed E-state index contributed by atoms with van der Waals surface area (Å²) < 4.78 is 1.13. The summed E-state index contributed by atoms with van der Waals surface area (Å²) in [5.74, 6) is -0.389. The highest BCUT2D eigenvalue weighted by molar-refractivity contribution is 5.57. The third-order valence-corrected chi connectivity index (χ3v) is 4.40. The van der Waals surface area contributed by atoms with Crippen LogP contribution >= 0.6 is 0 Å². The maximum absolute atomic E-state index is 12.8. The SMILES string of the molecule is CCC(C)n1c(O)c(C#N)c(C)c(N=Nc2ccc([N+](=O)[O-])cc2C)c1=O. The van der Waals surface area contributed by atoms with Gasteiger partial charge < -0.3 is 5.11 Å².